The molecule has 158 valence electrons. The highest BCUT2D eigenvalue weighted by Crippen LogP contribution is 2.25. The second-order valence-electron chi connectivity index (χ2n) is 5.83. The standard InChI is InChI=1S/C19H18BrClN4O4S/c1-29-15-7-6-11(10-12(15)20)18(28)23-19(30)25-24-17(27)9-8-16(26)22-14-5-3-2-4-13(14)21/h2-7,10H,8-9H2,1H3,(H,22,26)(H,24,27)(H2,23,25,28,30). The molecule has 0 saturated carbocycles. The molecule has 11 heteroatoms. The van der Waals surface area contributed by atoms with Crippen LogP contribution in [0.1, 0.15) is 23.2 Å². The van der Waals surface area contributed by atoms with E-state index in [4.69, 9.17) is 28.6 Å². The predicted octanol–water partition coefficient (Wildman–Crippen LogP) is 3.17. The zero-order chi connectivity index (χ0) is 22.1. The van der Waals surface area contributed by atoms with Crippen LogP contribution in [-0.4, -0.2) is 29.9 Å². The molecule has 2 aromatic carbocycles. The Hall–Kier alpha value is -2.69. The number of methoxy groups -OCH3 is 1. The lowest BCUT2D eigenvalue weighted by molar-refractivity contribution is -0.124. The molecule has 0 radical (unpaired) electrons. The van der Waals surface area contributed by atoms with Crippen LogP contribution in [0.25, 0.3) is 0 Å². The fraction of sp³-hybridized carbons (Fsp3) is 0.158. The minimum Gasteiger partial charge on any atom is -0.496 e. The van der Waals surface area contributed by atoms with E-state index in [9.17, 15) is 14.4 Å². The molecule has 2 rings (SSSR count). The van der Waals surface area contributed by atoms with Crippen molar-refractivity contribution in [3.05, 3.63) is 57.5 Å². The monoisotopic (exact) mass is 512 g/mol. The maximum atomic E-state index is 12.2. The van der Waals surface area contributed by atoms with Crippen molar-refractivity contribution >= 4 is 68.3 Å². The molecule has 0 unspecified atom stereocenters. The molecule has 3 amide bonds. The Morgan fingerprint density at radius 2 is 1.77 bits per heavy atom. The number of thiocarbonyl (C=S) groups is 1. The van der Waals surface area contributed by atoms with Gasteiger partial charge in [-0.2, -0.15) is 0 Å². The van der Waals surface area contributed by atoms with Gasteiger partial charge >= 0.3 is 0 Å². The van der Waals surface area contributed by atoms with Gasteiger partial charge in [-0.15, -0.1) is 0 Å². The summed E-state index contributed by atoms with van der Waals surface area (Å²) >= 11 is 14.2. The summed E-state index contributed by atoms with van der Waals surface area (Å²) in [6.07, 6.45) is -0.150. The van der Waals surface area contributed by atoms with Gasteiger partial charge in [0.25, 0.3) is 5.91 Å². The molecule has 0 saturated heterocycles. The number of amides is 3. The molecule has 0 aliphatic heterocycles. The number of rotatable bonds is 6. The third-order valence-corrected chi connectivity index (χ3v) is 4.84. The third kappa shape index (κ3) is 7.29. The zero-order valence-corrected chi connectivity index (χ0v) is 18.9. The molecule has 0 fully saturated rings. The van der Waals surface area contributed by atoms with Gasteiger partial charge in [0.1, 0.15) is 5.75 Å². The first kappa shape index (κ1) is 23.6. The molecule has 0 atom stereocenters. The summed E-state index contributed by atoms with van der Waals surface area (Å²) in [5.41, 5.74) is 5.54. The summed E-state index contributed by atoms with van der Waals surface area (Å²) in [6.45, 7) is 0. The minimum absolute atomic E-state index is 0.0578. The van der Waals surface area contributed by atoms with Crippen LogP contribution in [0.3, 0.4) is 0 Å². The molecule has 4 N–H and O–H groups in total. The number of anilines is 1. The Morgan fingerprint density at radius 1 is 1.07 bits per heavy atom. The van der Waals surface area contributed by atoms with Gasteiger partial charge in [0.15, 0.2) is 5.11 Å². The smallest absolute Gasteiger partial charge is 0.257 e. The van der Waals surface area contributed by atoms with Crippen molar-refractivity contribution in [1.29, 1.82) is 0 Å². The maximum absolute atomic E-state index is 12.2. The average Bonchev–Trinajstić information content (AvgIpc) is 2.72. The molecule has 0 bridgehead atoms. The van der Waals surface area contributed by atoms with Crippen molar-refractivity contribution in [2.45, 2.75) is 12.8 Å². The number of nitrogens with one attached hydrogen (secondary N) is 4. The zero-order valence-electron chi connectivity index (χ0n) is 15.8. The summed E-state index contributed by atoms with van der Waals surface area (Å²) in [4.78, 5) is 36.0. The number of hydrazine groups is 1. The molecule has 0 heterocycles. The summed E-state index contributed by atoms with van der Waals surface area (Å²) in [6, 6.07) is 11.6. The van der Waals surface area contributed by atoms with E-state index in [-0.39, 0.29) is 23.9 Å². The van der Waals surface area contributed by atoms with E-state index in [1.165, 1.54) is 7.11 Å². The van der Waals surface area contributed by atoms with Crippen LogP contribution in [-0.2, 0) is 9.59 Å². The number of halogens is 2. The number of carbonyl (C=O) groups is 3. The van der Waals surface area contributed by atoms with Crippen LogP contribution < -0.4 is 26.2 Å². The number of carbonyl (C=O) groups excluding carboxylic acids is 3. The maximum Gasteiger partial charge on any atom is 0.257 e. The highest BCUT2D eigenvalue weighted by atomic mass is 79.9. The van der Waals surface area contributed by atoms with Gasteiger partial charge in [-0.05, 0) is 58.5 Å². The predicted molar refractivity (Wildman–Crippen MR) is 121 cm³/mol. The summed E-state index contributed by atoms with van der Waals surface area (Å²) in [5.74, 6) is -0.727. The van der Waals surface area contributed by atoms with Crippen molar-refractivity contribution in [2.75, 3.05) is 12.4 Å². The molecule has 0 aromatic heterocycles. The van der Waals surface area contributed by atoms with Crippen molar-refractivity contribution in [1.82, 2.24) is 16.2 Å². The van der Waals surface area contributed by atoms with E-state index in [1.807, 2.05) is 0 Å². The highest BCUT2D eigenvalue weighted by molar-refractivity contribution is 9.10. The third-order valence-electron chi connectivity index (χ3n) is 3.68. The van der Waals surface area contributed by atoms with E-state index in [0.717, 1.165) is 0 Å². The molecular formula is C19H18BrClN4O4S. The Balaban J connectivity index is 1.73. The van der Waals surface area contributed by atoms with Gasteiger partial charge in [0, 0.05) is 18.4 Å². The highest BCUT2D eigenvalue weighted by Gasteiger charge is 2.12. The SMILES string of the molecule is COc1ccc(C(=O)NC(=S)NNC(=O)CCC(=O)Nc2ccccc2Cl)cc1Br. The normalized spacial score (nSPS) is 9.97. The molecule has 8 nitrogen and oxygen atoms in total. The van der Waals surface area contributed by atoms with E-state index < -0.39 is 11.8 Å². The lowest BCUT2D eigenvalue weighted by atomic mass is 10.2. The Kier molecular flexibility index (Phi) is 9.03. The molecule has 0 spiro atoms. The number of ether oxygens (including phenoxy) is 1. The fourth-order valence-electron chi connectivity index (χ4n) is 2.21. The average molecular weight is 514 g/mol. The van der Waals surface area contributed by atoms with Crippen molar-refractivity contribution in [3.8, 4) is 5.75 Å². The van der Waals surface area contributed by atoms with Crippen molar-refractivity contribution in [2.24, 2.45) is 0 Å². The van der Waals surface area contributed by atoms with Crippen molar-refractivity contribution in [3.63, 3.8) is 0 Å². The Labute approximate surface area is 191 Å². The minimum atomic E-state index is -0.479. The summed E-state index contributed by atoms with van der Waals surface area (Å²) in [7, 11) is 1.52. The quantitative estimate of drug-likeness (QED) is 0.349. The van der Waals surface area contributed by atoms with Crippen LogP contribution in [0, 0.1) is 0 Å². The largest absolute Gasteiger partial charge is 0.496 e. The lowest BCUT2D eigenvalue weighted by Crippen LogP contribution is -2.48. The molecule has 30 heavy (non-hydrogen) atoms. The van der Waals surface area contributed by atoms with Crippen LogP contribution in [0.4, 0.5) is 5.69 Å². The van der Waals surface area contributed by atoms with Gasteiger partial charge in [0.2, 0.25) is 11.8 Å². The Morgan fingerprint density at radius 3 is 2.43 bits per heavy atom. The number of hydrogen-bond acceptors (Lipinski definition) is 5. The van der Waals surface area contributed by atoms with E-state index >= 15 is 0 Å². The van der Waals surface area contributed by atoms with Crippen LogP contribution in [0.2, 0.25) is 5.02 Å². The molecule has 0 aliphatic rings. The second kappa shape index (κ2) is 11.5. The van der Waals surface area contributed by atoms with Gasteiger partial charge < -0.3 is 10.1 Å². The number of hydrogen-bond donors (Lipinski definition) is 4. The van der Waals surface area contributed by atoms with Crippen LogP contribution in [0.15, 0.2) is 46.9 Å². The first-order valence-electron chi connectivity index (χ1n) is 8.58. The first-order chi connectivity index (χ1) is 14.3. The Bertz CT molecular complexity index is 973. The van der Waals surface area contributed by atoms with Gasteiger partial charge in [0.05, 0.1) is 22.3 Å². The summed E-state index contributed by atoms with van der Waals surface area (Å²) in [5, 5.41) is 5.36. The van der Waals surface area contributed by atoms with Crippen LogP contribution in [0.5, 0.6) is 5.75 Å². The van der Waals surface area contributed by atoms with Crippen LogP contribution >= 0.6 is 39.7 Å². The lowest BCUT2D eigenvalue weighted by Gasteiger charge is -2.11. The topological polar surface area (TPSA) is 109 Å². The number of para-hydroxylation sites is 1. The van der Waals surface area contributed by atoms with E-state index in [1.54, 1.807) is 42.5 Å². The molecule has 2 aromatic rings. The second-order valence-corrected chi connectivity index (χ2v) is 7.50. The summed E-state index contributed by atoms with van der Waals surface area (Å²) < 4.78 is 5.72. The number of benzene rings is 2. The van der Waals surface area contributed by atoms with E-state index in [2.05, 4.69) is 37.4 Å². The first-order valence-corrected chi connectivity index (χ1v) is 10.2. The van der Waals surface area contributed by atoms with Gasteiger partial charge in [-0.1, -0.05) is 23.7 Å². The van der Waals surface area contributed by atoms with Gasteiger partial charge in [-0.3, -0.25) is 30.6 Å². The van der Waals surface area contributed by atoms with E-state index in [0.29, 0.717) is 26.5 Å². The fourth-order valence-corrected chi connectivity index (χ4v) is 3.07. The van der Waals surface area contributed by atoms with Crippen molar-refractivity contribution < 1.29 is 19.1 Å². The van der Waals surface area contributed by atoms with Gasteiger partial charge in [-0.25, -0.2) is 0 Å². The molecule has 0 aliphatic carbocycles. The molecular weight excluding hydrogens is 496 g/mol.